The van der Waals surface area contributed by atoms with E-state index in [0.29, 0.717) is 16.4 Å². The molecule has 0 atom stereocenters. The summed E-state index contributed by atoms with van der Waals surface area (Å²) in [5.41, 5.74) is 1.20. The molecule has 0 aliphatic rings. The predicted octanol–water partition coefficient (Wildman–Crippen LogP) is -2.86. The lowest BCUT2D eigenvalue weighted by Gasteiger charge is -1.93. The van der Waals surface area contributed by atoms with Crippen molar-refractivity contribution in [2.75, 3.05) is 0 Å². The smallest absolute Gasteiger partial charge is 0.207 e. The lowest BCUT2D eigenvalue weighted by atomic mass is 10.3. The molecule has 0 aliphatic heterocycles. The first-order chi connectivity index (χ1) is 5.26. The molecule has 0 bridgehead atoms. The Morgan fingerprint density at radius 3 is 1.92 bits per heavy atom. The number of hydrogen-bond donors (Lipinski definition) is 2. The van der Waals surface area contributed by atoms with Crippen LogP contribution in [0.4, 0.5) is 0 Å². The summed E-state index contributed by atoms with van der Waals surface area (Å²) in [6.07, 6.45) is 0. The van der Waals surface area contributed by atoms with Crippen LogP contribution in [0, 0.1) is 0 Å². The molecule has 12 heavy (non-hydrogen) atoms. The molecular weight excluding hydrogens is 201 g/mol. The maximum absolute atomic E-state index is 8.71. The first kappa shape index (κ1) is 11.6. The van der Waals surface area contributed by atoms with Gasteiger partial charge in [0, 0.05) is 12.1 Å². The molecule has 0 aliphatic carbocycles. The Labute approximate surface area is 81.4 Å². The monoisotopic (exact) mass is 209 g/mol. The molecule has 0 radical (unpaired) electrons. The lowest BCUT2D eigenvalue weighted by Crippen LogP contribution is -3.00. The number of aromatic amines is 1. The lowest BCUT2D eigenvalue weighted by molar-refractivity contribution is -0.410. The normalized spacial score (nSPS) is 9.25. The highest BCUT2D eigenvalue weighted by atomic mass is 35.5. The van der Waals surface area contributed by atoms with E-state index in [0.717, 1.165) is 0 Å². The van der Waals surface area contributed by atoms with E-state index in [2.05, 4.69) is 4.98 Å². The topological polar surface area (TPSA) is 54.6 Å². The molecule has 1 rings (SSSR count). The number of H-pyrrole nitrogens is 1. The van der Waals surface area contributed by atoms with Crippen molar-refractivity contribution in [2.45, 2.75) is 13.2 Å². The summed E-state index contributed by atoms with van der Waals surface area (Å²) >= 11 is 5.67. The maximum Gasteiger partial charge on any atom is 0.207 e. The van der Waals surface area contributed by atoms with Crippen LogP contribution in [-0.4, -0.2) is 10.2 Å². The van der Waals surface area contributed by atoms with E-state index in [1.165, 1.54) is 0 Å². The minimum Gasteiger partial charge on any atom is -1.00 e. The standard InChI is InChI=1S/C7H8ClNO2.ClH/c8-5-1-6(3-10)9-7(2-5)4-11;/h1-2,10-11H,3-4H2;1H. The molecule has 1 aromatic heterocycles. The third kappa shape index (κ3) is 2.95. The van der Waals surface area contributed by atoms with Gasteiger partial charge in [0.1, 0.15) is 13.2 Å². The van der Waals surface area contributed by atoms with Gasteiger partial charge in [-0.1, -0.05) is 11.6 Å². The first-order valence-electron chi connectivity index (χ1n) is 3.18. The molecule has 0 amide bonds. The Hall–Kier alpha value is -0.350. The molecule has 68 valence electrons. The summed E-state index contributed by atoms with van der Waals surface area (Å²) < 4.78 is 0. The molecular formula is C7H9Cl2NO2. The van der Waals surface area contributed by atoms with Gasteiger partial charge in [0.15, 0.2) is 0 Å². The number of rotatable bonds is 2. The van der Waals surface area contributed by atoms with Crippen LogP contribution >= 0.6 is 11.6 Å². The zero-order valence-electron chi connectivity index (χ0n) is 6.22. The van der Waals surface area contributed by atoms with Crippen molar-refractivity contribution in [1.82, 2.24) is 0 Å². The Balaban J connectivity index is 0.00000121. The highest BCUT2D eigenvalue weighted by molar-refractivity contribution is 6.30. The molecule has 3 N–H and O–H groups in total. The largest absolute Gasteiger partial charge is 1.00 e. The molecule has 3 nitrogen and oxygen atoms in total. The van der Waals surface area contributed by atoms with E-state index in [4.69, 9.17) is 21.8 Å². The van der Waals surface area contributed by atoms with Gasteiger partial charge in [-0.15, -0.1) is 0 Å². The SMILES string of the molecule is OCc1cc(Cl)cc(CO)[nH+]1.[Cl-]. The highest BCUT2D eigenvalue weighted by Gasteiger charge is 2.05. The summed E-state index contributed by atoms with van der Waals surface area (Å²) in [6.45, 7) is -0.207. The van der Waals surface area contributed by atoms with Crippen LogP contribution in [0.2, 0.25) is 5.02 Å². The molecule has 0 saturated carbocycles. The van der Waals surface area contributed by atoms with E-state index in [1.54, 1.807) is 12.1 Å². The van der Waals surface area contributed by atoms with Crippen molar-refractivity contribution in [3.8, 4) is 0 Å². The van der Waals surface area contributed by atoms with E-state index in [1.807, 2.05) is 0 Å². The fourth-order valence-corrected chi connectivity index (χ4v) is 1.09. The van der Waals surface area contributed by atoms with E-state index in [9.17, 15) is 0 Å². The van der Waals surface area contributed by atoms with Gasteiger partial charge in [0.05, 0.1) is 5.02 Å². The van der Waals surface area contributed by atoms with Crippen molar-refractivity contribution >= 4 is 11.6 Å². The van der Waals surface area contributed by atoms with Gasteiger partial charge in [-0.25, -0.2) is 4.98 Å². The van der Waals surface area contributed by atoms with Gasteiger partial charge < -0.3 is 22.6 Å². The number of aromatic nitrogens is 1. The Bertz CT molecular complexity index is 233. The van der Waals surface area contributed by atoms with Crippen LogP contribution in [0.5, 0.6) is 0 Å². The minimum absolute atomic E-state index is 0. The molecule has 1 heterocycles. The highest BCUT2D eigenvalue weighted by Crippen LogP contribution is 2.08. The van der Waals surface area contributed by atoms with Crippen LogP contribution in [-0.2, 0) is 13.2 Å². The Morgan fingerprint density at radius 1 is 1.17 bits per heavy atom. The van der Waals surface area contributed by atoms with Gasteiger partial charge in [-0.2, -0.15) is 0 Å². The van der Waals surface area contributed by atoms with E-state index in [-0.39, 0.29) is 25.6 Å². The molecule has 1 aromatic rings. The molecule has 0 aromatic carbocycles. The Morgan fingerprint density at radius 2 is 1.58 bits per heavy atom. The number of aliphatic hydroxyl groups is 2. The Kier molecular flexibility index (Phi) is 5.17. The van der Waals surface area contributed by atoms with Crippen LogP contribution < -0.4 is 17.4 Å². The van der Waals surface area contributed by atoms with Crippen molar-refractivity contribution in [3.63, 3.8) is 0 Å². The molecule has 0 saturated heterocycles. The van der Waals surface area contributed by atoms with Crippen LogP contribution in [0.1, 0.15) is 11.4 Å². The number of hydrogen-bond acceptors (Lipinski definition) is 2. The third-order valence-corrected chi connectivity index (χ3v) is 1.50. The van der Waals surface area contributed by atoms with Crippen molar-refractivity contribution < 1.29 is 27.6 Å². The second-order valence-corrected chi connectivity index (χ2v) is 2.60. The second kappa shape index (κ2) is 5.32. The number of nitrogens with one attached hydrogen (secondary N) is 1. The van der Waals surface area contributed by atoms with Crippen molar-refractivity contribution in [1.29, 1.82) is 0 Å². The first-order valence-corrected chi connectivity index (χ1v) is 3.56. The molecule has 0 fully saturated rings. The predicted molar refractivity (Wildman–Crippen MR) is 39.9 cm³/mol. The van der Waals surface area contributed by atoms with Gasteiger partial charge in [0.25, 0.3) is 0 Å². The summed E-state index contributed by atoms with van der Waals surface area (Å²) in [6, 6.07) is 3.22. The molecule has 5 heteroatoms. The van der Waals surface area contributed by atoms with Crippen LogP contribution in [0.25, 0.3) is 0 Å². The van der Waals surface area contributed by atoms with E-state index < -0.39 is 0 Å². The van der Waals surface area contributed by atoms with Gasteiger partial charge in [-0.3, -0.25) is 0 Å². The zero-order valence-corrected chi connectivity index (χ0v) is 7.73. The summed E-state index contributed by atoms with van der Waals surface area (Å²) in [5, 5.41) is 17.9. The number of pyridine rings is 1. The quantitative estimate of drug-likeness (QED) is 0.551. The zero-order chi connectivity index (χ0) is 8.27. The van der Waals surface area contributed by atoms with Crippen LogP contribution in [0.3, 0.4) is 0 Å². The van der Waals surface area contributed by atoms with Gasteiger partial charge >= 0.3 is 0 Å². The maximum atomic E-state index is 8.71. The summed E-state index contributed by atoms with van der Waals surface area (Å²) in [7, 11) is 0. The number of aliphatic hydroxyl groups excluding tert-OH is 2. The van der Waals surface area contributed by atoms with Gasteiger partial charge in [-0.05, 0) is 0 Å². The minimum atomic E-state index is -0.104. The van der Waals surface area contributed by atoms with Crippen molar-refractivity contribution in [2.24, 2.45) is 0 Å². The average Bonchev–Trinajstić information content (AvgIpc) is 2.03. The average molecular weight is 210 g/mol. The number of halogens is 2. The molecule has 0 spiro atoms. The van der Waals surface area contributed by atoms with Gasteiger partial charge in [0.2, 0.25) is 11.4 Å². The fraction of sp³-hybridized carbons (Fsp3) is 0.286. The summed E-state index contributed by atoms with van der Waals surface area (Å²) in [4.78, 5) is 2.80. The third-order valence-electron chi connectivity index (χ3n) is 1.29. The summed E-state index contributed by atoms with van der Waals surface area (Å²) in [5.74, 6) is 0. The second-order valence-electron chi connectivity index (χ2n) is 2.17. The fourth-order valence-electron chi connectivity index (χ4n) is 0.823. The van der Waals surface area contributed by atoms with Crippen molar-refractivity contribution in [3.05, 3.63) is 28.5 Å². The van der Waals surface area contributed by atoms with Crippen LogP contribution in [0.15, 0.2) is 12.1 Å². The van der Waals surface area contributed by atoms with E-state index >= 15 is 0 Å². The molecule has 0 unspecified atom stereocenters.